The molecule has 0 saturated heterocycles. The fourth-order valence-corrected chi connectivity index (χ4v) is 0.841. The van der Waals surface area contributed by atoms with Gasteiger partial charge in [0.2, 0.25) is 5.91 Å². The van der Waals surface area contributed by atoms with Crippen molar-refractivity contribution in [2.75, 3.05) is 12.3 Å². The molecule has 0 radical (unpaired) electrons. The number of aromatic nitrogens is 2. The first-order chi connectivity index (χ1) is 5.74. The molecule has 0 saturated carbocycles. The first-order valence-electron chi connectivity index (χ1n) is 3.77. The molecule has 0 spiro atoms. The molecule has 0 fully saturated rings. The molecule has 1 heterocycles. The van der Waals surface area contributed by atoms with E-state index in [-0.39, 0.29) is 5.91 Å². The average molecular weight is 168 g/mol. The van der Waals surface area contributed by atoms with E-state index in [1.54, 1.807) is 0 Å². The third kappa shape index (κ3) is 2.06. The standard InChI is InChI=1S/C7H12N4O/c8-3-1-2-7(12)11-5-6(9)4-10-11/h4-5H,1-3,8-9H2. The molecule has 0 aromatic carbocycles. The summed E-state index contributed by atoms with van der Waals surface area (Å²) in [7, 11) is 0. The maximum atomic E-state index is 11.2. The minimum Gasteiger partial charge on any atom is -0.396 e. The predicted molar refractivity (Wildman–Crippen MR) is 45.6 cm³/mol. The van der Waals surface area contributed by atoms with Crippen molar-refractivity contribution in [3.63, 3.8) is 0 Å². The highest BCUT2D eigenvalue weighted by atomic mass is 16.2. The zero-order chi connectivity index (χ0) is 8.97. The summed E-state index contributed by atoms with van der Waals surface area (Å²) >= 11 is 0. The Kier molecular flexibility index (Phi) is 2.82. The zero-order valence-electron chi connectivity index (χ0n) is 6.73. The maximum Gasteiger partial charge on any atom is 0.246 e. The van der Waals surface area contributed by atoms with E-state index in [4.69, 9.17) is 11.5 Å². The van der Waals surface area contributed by atoms with Crippen LogP contribution in [0.2, 0.25) is 0 Å². The minimum absolute atomic E-state index is 0.0721. The molecular weight excluding hydrogens is 156 g/mol. The van der Waals surface area contributed by atoms with Gasteiger partial charge in [-0.2, -0.15) is 5.10 Å². The number of hydrogen-bond donors (Lipinski definition) is 2. The van der Waals surface area contributed by atoms with Gasteiger partial charge in [-0.15, -0.1) is 0 Å². The fraction of sp³-hybridized carbons (Fsp3) is 0.429. The monoisotopic (exact) mass is 168 g/mol. The van der Waals surface area contributed by atoms with Crippen LogP contribution in [-0.4, -0.2) is 22.2 Å². The summed E-state index contributed by atoms with van der Waals surface area (Å²) in [5.41, 5.74) is 11.1. The molecule has 0 unspecified atom stereocenters. The van der Waals surface area contributed by atoms with E-state index in [9.17, 15) is 4.79 Å². The van der Waals surface area contributed by atoms with E-state index >= 15 is 0 Å². The lowest BCUT2D eigenvalue weighted by Crippen LogP contribution is -2.12. The highest BCUT2D eigenvalue weighted by Crippen LogP contribution is 1.99. The molecule has 0 aliphatic rings. The van der Waals surface area contributed by atoms with E-state index in [0.717, 1.165) is 0 Å². The van der Waals surface area contributed by atoms with Crippen molar-refractivity contribution in [3.05, 3.63) is 12.4 Å². The summed E-state index contributed by atoms with van der Waals surface area (Å²) in [5, 5.41) is 3.77. The van der Waals surface area contributed by atoms with Gasteiger partial charge in [-0.25, -0.2) is 4.68 Å². The third-order valence-corrected chi connectivity index (χ3v) is 1.45. The molecule has 5 nitrogen and oxygen atoms in total. The second kappa shape index (κ2) is 3.87. The molecular formula is C7H12N4O. The van der Waals surface area contributed by atoms with Crippen LogP contribution in [0.3, 0.4) is 0 Å². The highest BCUT2D eigenvalue weighted by molar-refractivity contribution is 5.78. The smallest absolute Gasteiger partial charge is 0.246 e. The van der Waals surface area contributed by atoms with Crippen LogP contribution in [0.1, 0.15) is 17.6 Å². The van der Waals surface area contributed by atoms with Gasteiger partial charge in [0.15, 0.2) is 0 Å². The second-order valence-corrected chi connectivity index (χ2v) is 2.50. The molecule has 0 aliphatic carbocycles. The first-order valence-corrected chi connectivity index (χ1v) is 3.77. The second-order valence-electron chi connectivity index (χ2n) is 2.50. The van der Waals surface area contributed by atoms with Crippen LogP contribution >= 0.6 is 0 Å². The molecule has 1 aromatic rings. The summed E-state index contributed by atoms with van der Waals surface area (Å²) < 4.78 is 1.24. The lowest BCUT2D eigenvalue weighted by atomic mass is 10.3. The fourth-order valence-electron chi connectivity index (χ4n) is 0.841. The quantitative estimate of drug-likeness (QED) is 0.656. The number of nitrogen functional groups attached to an aromatic ring is 1. The van der Waals surface area contributed by atoms with Crippen LogP contribution in [0.4, 0.5) is 5.69 Å². The van der Waals surface area contributed by atoms with Crippen molar-refractivity contribution < 1.29 is 4.79 Å². The lowest BCUT2D eigenvalue weighted by molar-refractivity contribution is 0.0885. The molecule has 0 amide bonds. The van der Waals surface area contributed by atoms with Crippen LogP contribution in [0.15, 0.2) is 12.4 Å². The largest absolute Gasteiger partial charge is 0.396 e. The average Bonchev–Trinajstić information content (AvgIpc) is 2.47. The Morgan fingerprint density at radius 1 is 1.67 bits per heavy atom. The number of carbonyl (C=O) groups is 1. The number of nitrogens with zero attached hydrogens (tertiary/aromatic N) is 2. The van der Waals surface area contributed by atoms with Crippen molar-refractivity contribution >= 4 is 11.6 Å². The zero-order valence-corrected chi connectivity index (χ0v) is 6.73. The van der Waals surface area contributed by atoms with Gasteiger partial charge in [0.05, 0.1) is 18.1 Å². The van der Waals surface area contributed by atoms with Gasteiger partial charge >= 0.3 is 0 Å². The Morgan fingerprint density at radius 2 is 2.42 bits per heavy atom. The van der Waals surface area contributed by atoms with E-state index in [1.165, 1.54) is 17.1 Å². The van der Waals surface area contributed by atoms with Crippen LogP contribution in [-0.2, 0) is 0 Å². The summed E-state index contributed by atoms with van der Waals surface area (Å²) in [5.74, 6) is -0.0721. The molecule has 1 rings (SSSR count). The number of carbonyl (C=O) groups excluding carboxylic acids is 1. The molecule has 1 aromatic heterocycles. The van der Waals surface area contributed by atoms with Gasteiger partial charge in [0.25, 0.3) is 0 Å². The van der Waals surface area contributed by atoms with Gasteiger partial charge in [0.1, 0.15) is 0 Å². The predicted octanol–water partition coefficient (Wildman–Crippen LogP) is -0.156. The molecule has 4 N–H and O–H groups in total. The molecule has 0 aliphatic heterocycles. The number of anilines is 1. The summed E-state index contributed by atoms with van der Waals surface area (Å²) in [4.78, 5) is 11.2. The van der Waals surface area contributed by atoms with Crippen molar-refractivity contribution in [1.82, 2.24) is 9.78 Å². The highest BCUT2D eigenvalue weighted by Gasteiger charge is 2.04. The van der Waals surface area contributed by atoms with Gasteiger partial charge in [-0.05, 0) is 13.0 Å². The third-order valence-electron chi connectivity index (χ3n) is 1.45. The van der Waals surface area contributed by atoms with Crippen molar-refractivity contribution in [1.29, 1.82) is 0 Å². The number of nitrogens with two attached hydrogens (primary N) is 2. The lowest BCUT2D eigenvalue weighted by Gasteiger charge is -1.97. The van der Waals surface area contributed by atoms with Gasteiger partial charge < -0.3 is 11.5 Å². The van der Waals surface area contributed by atoms with Crippen molar-refractivity contribution in [2.24, 2.45) is 5.73 Å². The van der Waals surface area contributed by atoms with Gasteiger partial charge in [-0.3, -0.25) is 4.79 Å². The Morgan fingerprint density at radius 3 is 2.92 bits per heavy atom. The molecule has 5 heteroatoms. The van der Waals surface area contributed by atoms with E-state index in [0.29, 0.717) is 25.1 Å². The Labute approximate surface area is 70.3 Å². The first kappa shape index (κ1) is 8.73. The van der Waals surface area contributed by atoms with Crippen LogP contribution in [0, 0.1) is 0 Å². The van der Waals surface area contributed by atoms with E-state index < -0.39 is 0 Å². The number of hydrogen-bond acceptors (Lipinski definition) is 4. The van der Waals surface area contributed by atoms with Crippen molar-refractivity contribution in [3.8, 4) is 0 Å². The van der Waals surface area contributed by atoms with Gasteiger partial charge in [-0.1, -0.05) is 0 Å². The van der Waals surface area contributed by atoms with E-state index in [1.807, 2.05) is 0 Å². The molecule has 66 valence electrons. The van der Waals surface area contributed by atoms with Gasteiger partial charge in [0, 0.05) is 6.42 Å². The minimum atomic E-state index is -0.0721. The topological polar surface area (TPSA) is 86.9 Å². The van der Waals surface area contributed by atoms with Crippen LogP contribution in [0.25, 0.3) is 0 Å². The normalized spacial score (nSPS) is 10.1. The summed E-state index contributed by atoms with van der Waals surface area (Å²) in [6.45, 7) is 0.516. The molecule has 0 bridgehead atoms. The SMILES string of the molecule is NCCCC(=O)n1cc(N)cn1. The van der Waals surface area contributed by atoms with E-state index in [2.05, 4.69) is 5.10 Å². The van der Waals surface area contributed by atoms with Crippen LogP contribution in [0.5, 0.6) is 0 Å². The molecule has 0 atom stereocenters. The Bertz CT molecular complexity index is 268. The maximum absolute atomic E-state index is 11.2. The summed E-state index contributed by atoms with van der Waals surface area (Å²) in [6.07, 6.45) is 4.04. The Balaban J connectivity index is 2.53. The van der Waals surface area contributed by atoms with Crippen LogP contribution < -0.4 is 11.5 Å². The molecule has 12 heavy (non-hydrogen) atoms. The Hall–Kier alpha value is -1.36. The number of rotatable bonds is 3. The van der Waals surface area contributed by atoms with Crippen molar-refractivity contribution in [2.45, 2.75) is 12.8 Å². The summed E-state index contributed by atoms with van der Waals surface area (Å²) in [6, 6.07) is 0.